The summed E-state index contributed by atoms with van der Waals surface area (Å²) in [6.45, 7) is 4.22. The number of aromatic nitrogens is 1. The van der Waals surface area contributed by atoms with Crippen LogP contribution in [0.15, 0.2) is 24.3 Å². The predicted molar refractivity (Wildman–Crippen MR) is 66.8 cm³/mol. The van der Waals surface area contributed by atoms with Gasteiger partial charge in [-0.3, -0.25) is 0 Å². The van der Waals surface area contributed by atoms with Crippen molar-refractivity contribution in [3.05, 3.63) is 40.5 Å². The van der Waals surface area contributed by atoms with Gasteiger partial charge < -0.3 is 5.11 Å². The first-order valence-corrected chi connectivity index (χ1v) is 5.69. The Bertz CT molecular complexity index is 523. The van der Waals surface area contributed by atoms with Gasteiger partial charge in [0.25, 0.3) is 0 Å². The third-order valence-corrected chi connectivity index (χ3v) is 3.03. The highest BCUT2D eigenvalue weighted by molar-refractivity contribution is 6.30. The fraction of sp³-hybridized carbons (Fsp3) is 0.308. The Labute approximate surface area is 99.9 Å². The van der Waals surface area contributed by atoms with E-state index in [2.05, 4.69) is 31.0 Å². The largest absolute Gasteiger partial charge is 0.392 e. The van der Waals surface area contributed by atoms with E-state index in [1.807, 2.05) is 12.1 Å². The Kier molecular flexibility index (Phi) is 3.13. The lowest BCUT2D eigenvalue weighted by Gasteiger charge is -2.08. The zero-order valence-corrected chi connectivity index (χ0v) is 10.1. The Morgan fingerprint density at radius 1 is 1.31 bits per heavy atom. The second kappa shape index (κ2) is 4.40. The summed E-state index contributed by atoms with van der Waals surface area (Å²) < 4.78 is 0. The fourth-order valence-corrected chi connectivity index (χ4v) is 1.89. The first-order valence-electron chi connectivity index (χ1n) is 5.31. The number of pyridine rings is 1. The van der Waals surface area contributed by atoms with Crippen LogP contribution >= 0.6 is 11.6 Å². The van der Waals surface area contributed by atoms with Gasteiger partial charge in [0.2, 0.25) is 0 Å². The SMILES string of the molecule is CC(C)c1ccc2nc(Cl)c(CO)cc2c1. The van der Waals surface area contributed by atoms with Crippen molar-refractivity contribution in [2.24, 2.45) is 0 Å². The molecule has 3 heteroatoms. The molecule has 0 amide bonds. The summed E-state index contributed by atoms with van der Waals surface area (Å²) in [5, 5.41) is 10.5. The zero-order valence-electron chi connectivity index (χ0n) is 9.37. The van der Waals surface area contributed by atoms with Crippen molar-refractivity contribution in [1.82, 2.24) is 4.98 Å². The van der Waals surface area contributed by atoms with E-state index in [1.165, 1.54) is 5.56 Å². The summed E-state index contributed by atoms with van der Waals surface area (Å²) in [4.78, 5) is 4.25. The van der Waals surface area contributed by atoms with Crippen molar-refractivity contribution in [2.75, 3.05) is 0 Å². The monoisotopic (exact) mass is 235 g/mol. The van der Waals surface area contributed by atoms with Gasteiger partial charge in [-0.05, 0) is 29.7 Å². The van der Waals surface area contributed by atoms with Gasteiger partial charge in [0.15, 0.2) is 0 Å². The van der Waals surface area contributed by atoms with Crippen LogP contribution in [0.2, 0.25) is 5.15 Å². The molecule has 1 N–H and O–H groups in total. The van der Waals surface area contributed by atoms with E-state index in [0.717, 1.165) is 10.9 Å². The molecule has 0 aliphatic carbocycles. The lowest BCUT2D eigenvalue weighted by Crippen LogP contribution is -1.92. The number of rotatable bonds is 2. The normalized spacial score (nSPS) is 11.3. The molecule has 0 atom stereocenters. The Morgan fingerprint density at radius 2 is 2.06 bits per heavy atom. The van der Waals surface area contributed by atoms with Gasteiger partial charge in [-0.25, -0.2) is 4.98 Å². The number of hydrogen-bond acceptors (Lipinski definition) is 2. The first kappa shape index (κ1) is 11.4. The van der Waals surface area contributed by atoms with Crippen LogP contribution in [0.5, 0.6) is 0 Å². The van der Waals surface area contributed by atoms with Crippen molar-refractivity contribution in [3.8, 4) is 0 Å². The molecule has 1 aromatic carbocycles. The maximum atomic E-state index is 9.13. The average molecular weight is 236 g/mol. The number of benzene rings is 1. The van der Waals surface area contributed by atoms with Crippen LogP contribution in [-0.2, 0) is 6.61 Å². The number of aliphatic hydroxyl groups is 1. The molecule has 84 valence electrons. The molecule has 0 saturated heterocycles. The third kappa shape index (κ3) is 2.04. The van der Waals surface area contributed by atoms with Gasteiger partial charge in [0.1, 0.15) is 5.15 Å². The van der Waals surface area contributed by atoms with E-state index in [9.17, 15) is 0 Å². The van der Waals surface area contributed by atoms with Gasteiger partial charge in [-0.1, -0.05) is 31.5 Å². The van der Waals surface area contributed by atoms with E-state index < -0.39 is 0 Å². The molecule has 0 bridgehead atoms. The molecule has 2 aromatic rings. The maximum absolute atomic E-state index is 9.13. The summed E-state index contributed by atoms with van der Waals surface area (Å²) in [5.74, 6) is 0.484. The summed E-state index contributed by atoms with van der Waals surface area (Å²) >= 11 is 5.93. The summed E-state index contributed by atoms with van der Waals surface area (Å²) in [7, 11) is 0. The van der Waals surface area contributed by atoms with Crippen LogP contribution in [0.3, 0.4) is 0 Å². The third-order valence-electron chi connectivity index (χ3n) is 2.70. The zero-order chi connectivity index (χ0) is 11.7. The van der Waals surface area contributed by atoms with Crippen molar-refractivity contribution in [2.45, 2.75) is 26.4 Å². The molecule has 0 spiro atoms. The molecule has 0 aliphatic rings. The molecular formula is C13H14ClNO. The molecule has 0 radical (unpaired) electrons. The molecule has 1 heterocycles. The van der Waals surface area contributed by atoms with Crippen LogP contribution in [0, 0.1) is 0 Å². The van der Waals surface area contributed by atoms with Gasteiger partial charge in [0.05, 0.1) is 12.1 Å². The highest BCUT2D eigenvalue weighted by atomic mass is 35.5. The van der Waals surface area contributed by atoms with Crippen molar-refractivity contribution in [1.29, 1.82) is 0 Å². The summed E-state index contributed by atoms with van der Waals surface area (Å²) in [5.41, 5.74) is 2.81. The van der Waals surface area contributed by atoms with Crippen LogP contribution in [0.1, 0.15) is 30.9 Å². The number of halogens is 1. The minimum absolute atomic E-state index is 0.0757. The quantitative estimate of drug-likeness (QED) is 0.809. The second-order valence-corrected chi connectivity index (χ2v) is 4.56. The van der Waals surface area contributed by atoms with E-state index >= 15 is 0 Å². The topological polar surface area (TPSA) is 33.1 Å². The van der Waals surface area contributed by atoms with Gasteiger partial charge >= 0.3 is 0 Å². The standard InChI is InChI=1S/C13H14ClNO/c1-8(2)9-3-4-12-10(5-9)6-11(7-16)13(14)15-12/h3-6,8,16H,7H2,1-2H3. The van der Waals surface area contributed by atoms with Crippen LogP contribution < -0.4 is 0 Å². The fourth-order valence-electron chi connectivity index (χ4n) is 1.69. The minimum atomic E-state index is -0.0757. The number of aliphatic hydroxyl groups excluding tert-OH is 1. The lowest BCUT2D eigenvalue weighted by atomic mass is 10.0. The molecular weight excluding hydrogens is 222 g/mol. The van der Waals surface area contributed by atoms with Crippen LogP contribution in [-0.4, -0.2) is 10.1 Å². The second-order valence-electron chi connectivity index (χ2n) is 4.20. The maximum Gasteiger partial charge on any atom is 0.135 e. The van der Waals surface area contributed by atoms with Crippen LogP contribution in [0.25, 0.3) is 10.9 Å². The molecule has 0 aliphatic heterocycles. The highest BCUT2D eigenvalue weighted by Crippen LogP contribution is 2.24. The number of hydrogen-bond donors (Lipinski definition) is 1. The highest BCUT2D eigenvalue weighted by Gasteiger charge is 2.06. The molecule has 1 aromatic heterocycles. The van der Waals surface area contributed by atoms with E-state index in [1.54, 1.807) is 0 Å². The molecule has 0 saturated carbocycles. The van der Waals surface area contributed by atoms with Gasteiger partial charge in [-0.2, -0.15) is 0 Å². The molecule has 0 unspecified atom stereocenters. The molecule has 0 fully saturated rings. The van der Waals surface area contributed by atoms with E-state index in [-0.39, 0.29) is 6.61 Å². The molecule has 2 rings (SSSR count). The first-order chi connectivity index (χ1) is 7.61. The van der Waals surface area contributed by atoms with Crippen molar-refractivity contribution >= 4 is 22.5 Å². The van der Waals surface area contributed by atoms with Gasteiger partial charge in [0, 0.05) is 10.9 Å². The minimum Gasteiger partial charge on any atom is -0.392 e. The molecule has 16 heavy (non-hydrogen) atoms. The predicted octanol–water partition coefficient (Wildman–Crippen LogP) is 3.50. The lowest BCUT2D eigenvalue weighted by molar-refractivity contribution is 0.281. The Hall–Kier alpha value is -1.12. The van der Waals surface area contributed by atoms with Crippen molar-refractivity contribution < 1.29 is 5.11 Å². The Balaban J connectivity index is 2.63. The van der Waals surface area contributed by atoms with Gasteiger partial charge in [-0.15, -0.1) is 0 Å². The Morgan fingerprint density at radius 3 is 2.69 bits per heavy atom. The van der Waals surface area contributed by atoms with E-state index in [4.69, 9.17) is 16.7 Å². The number of fused-ring (bicyclic) bond motifs is 1. The van der Waals surface area contributed by atoms with Crippen LogP contribution in [0.4, 0.5) is 0 Å². The van der Waals surface area contributed by atoms with Crippen molar-refractivity contribution in [3.63, 3.8) is 0 Å². The average Bonchev–Trinajstić information content (AvgIpc) is 2.27. The smallest absolute Gasteiger partial charge is 0.135 e. The molecule has 2 nitrogen and oxygen atoms in total. The van der Waals surface area contributed by atoms with E-state index in [0.29, 0.717) is 16.6 Å². The summed E-state index contributed by atoms with van der Waals surface area (Å²) in [6.07, 6.45) is 0. The number of nitrogens with zero attached hydrogens (tertiary/aromatic N) is 1. The summed E-state index contributed by atoms with van der Waals surface area (Å²) in [6, 6.07) is 8.03.